The summed E-state index contributed by atoms with van der Waals surface area (Å²) in [6, 6.07) is 0. The van der Waals surface area contributed by atoms with Crippen molar-refractivity contribution in [3.63, 3.8) is 0 Å². The maximum atomic E-state index is 13.2. The summed E-state index contributed by atoms with van der Waals surface area (Å²) >= 11 is 0. The molecule has 0 spiro atoms. The van der Waals surface area contributed by atoms with Gasteiger partial charge in [0.15, 0.2) is 0 Å². The van der Waals surface area contributed by atoms with Crippen molar-refractivity contribution < 1.29 is 19.1 Å². The molecule has 4 heteroatoms. The van der Waals surface area contributed by atoms with Crippen LogP contribution in [0, 0.1) is 92.7 Å². The zero-order valence-electron chi connectivity index (χ0n) is 41.6. The first-order valence-corrected chi connectivity index (χ1v) is 26.9. The number of allylic oxidation sites excluding steroid dienone is 2. The fourth-order valence-corrected chi connectivity index (χ4v) is 18.0. The Balaban J connectivity index is 0.806. The highest BCUT2D eigenvalue weighted by atomic mass is 16.5. The molecule has 348 valence electrons. The molecule has 0 amide bonds. The lowest BCUT2D eigenvalue weighted by Gasteiger charge is -2.58. The third-order valence-corrected chi connectivity index (χ3v) is 21.4. The van der Waals surface area contributed by atoms with Gasteiger partial charge in [0.25, 0.3) is 0 Å². The number of carbonyl (C=O) groups excluding carboxylic acids is 2. The molecule has 6 saturated carbocycles. The van der Waals surface area contributed by atoms with E-state index >= 15 is 0 Å². The van der Waals surface area contributed by atoms with Gasteiger partial charge in [-0.05, 0) is 183 Å². The van der Waals surface area contributed by atoms with Crippen LogP contribution in [0.3, 0.4) is 0 Å². The summed E-state index contributed by atoms with van der Waals surface area (Å²) in [5, 5.41) is 0. The van der Waals surface area contributed by atoms with Crippen molar-refractivity contribution in [3.8, 4) is 0 Å². The summed E-state index contributed by atoms with van der Waals surface area (Å²) in [6.45, 7) is 25.1. The minimum atomic E-state index is -0.404. The maximum absolute atomic E-state index is 13.2. The number of hydrogen-bond acceptors (Lipinski definition) is 4. The van der Waals surface area contributed by atoms with Gasteiger partial charge in [-0.25, -0.2) is 9.59 Å². The Morgan fingerprint density at radius 1 is 0.548 bits per heavy atom. The van der Waals surface area contributed by atoms with E-state index in [1.807, 2.05) is 0 Å². The van der Waals surface area contributed by atoms with Gasteiger partial charge >= 0.3 is 11.9 Å². The molecule has 8 unspecified atom stereocenters. The van der Waals surface area contributed by atoms with E-state index in [0.717, 1.165) is 110 Å². The molecule has 0 aromatic rings. The Bertz CT molecular complexity index is 1580. The average molecular weight is 853 g/mol. The predicted molar refractivity (Wildman–Crippen MR) is 255 cm³/mol. The zero-order chi connectivity index (χ0) is 44.2. The van der Waals surface area contributed by atoms with E-state index in [1.54, 1.807) is 0 Å². The van der Waals surface area contributed by atoms with Crippen LogP contribution in [0.1, 0.15) is 210 Å². The van der Waals surface area contributed by atoms with Crippen LogP contribution in [0.5, 0.6) is 0 Å². The lowest BCUT2D eigenvalue weighted by Crippen LogP contribution is -2.51. The molecule has 8 aliphatic carbocycles. The summed E-state index contributed by atoms with van der Waals surface area (Å²) in [6.07, 6.45) is 35.2. The second-order valence-electron chi connectivity index (χ2n) is 25.5. The molecule has 0 aromatic heterocycles. The van der Waals surface area contributed by atoms with Crippen molar-refractivity contribution in [3.05, 3.63) is 35.5 Å². The third kappa shape index (κ3) is 8.77. The molecule has 4 nitrogen and oxygen atoms in total. The Kier molecular flexibility index (Phi) is 13.9. The van der Waals surface area contributed by atoms with Gasteiger partial charge < -0.3 is 9.47 Å². The molecule has 8 aliphatic rings. The Hall–Kier alpha value is -1.84. The SMILES string of the molecule is CC(C)CCC[C@@H](C)[C@H]1CCC2C3CC=C4CC(OC(=O)/C=C\C(=O)OC5CC[C@@]6(C)C(=CCC7C6CC[C@@]6(C)C7CC[C@@H]6[C@H](C)CCCC(C)C)C5)CC[C@]4(C)C3CC[C@@]21C. The predicted octanol–water partition coefficient (Wildman–Crippen LogP) is 15.4. The van der Waals surface area contributed by atoms with Crippen LogP contribution >= 0.6 is 0 Å². The number of esters is 2. The van der Waals surface area contributed by atoms with Gasteiger partial charge in [-0.1, -0.05) is 131 Å². The summed E-state index contributed by atoms with van der Waals surface area (Å²) in [4.78, 5) is 26.3. The second-order valence-corrected chi connectivity index (χ2v) is 25.5. The Morgan fingerprint density at radius 3 is 1.34 bits per heavy atom. The van der Waals surface area contributed by atoms with Crippen LogP contribution in [-0.4, -0.2) is 24.1 Å². The van der Waals surface area contributed by atoms with E-state index in [-0.39, 0.29) is 23.0 Å². The highest BCUT2D eigenvalue weighted by Gasteiger charge is 2.61. The standard InChI is InChI=1S/C58H92O4/c1-37(2)13-11-15-39(5)47-21-23-49-45-19-17-41-35-43(27-31-55(41,7)51(45)29-33-57(47,49)9)61-53(59)25-26-54(60)62-44-28-32-56(8)42(36-44)18-20-46-50-24-22-48(40(6)16-12-14-38(3)4)58(50,10)34-30-52(46)56/h17-18,25-26,37-40,43-52H,11-16,19-24,27-36H2,1-10H3/b26-25-/t39-,40-,43?,44?,45?,46?,47-,48-,49?,50?,51?,52?,55+,56+,57-,58-/m1/s1. The summed E-state index contributed by atoms with van der Waals surface area (Å²) < 4.78 is 12.1. The van der Waals surface area contributed by atoms with Gasteiger partial charge in [-0.15, -0.1) is 0 Å². The Morgan fingerprint density at radius 2 is 0.952 bits per heavy atom. The van der Waals surface area contributed by atoms with Crippen molar-refractivity contribution in [2.75, 3.05) is 0 Å². The quantitative estimate of drug-likeness (QED) is 0.0992. The topological polar surface area (TPSA) is 52.6 Å². The van der Waals surface area contributed by atoms with E-state index in [2.05, 4.69) is 81.4 Å². The minimum Gasteiger partial charge on any atom is -0.459 e. The van der Waals surface area contributed by atoms with Crippen molar-refractivity contribution in [1.82, 2.24) is 0 Å². The lowest BCUT2D eigenvalue weighted by molar-refractivity contribution is -0.148. The van der Waals surface area contributed by atoms with Crippen LogP contribution in [0.15, 0.2) is 35.5 Å². The van der Waals surface area contributed by atoms with Gasteiger partial charge in [0.05, 0.1) is 0 Å². The van der Waals surface area contributed by atoms with Gasteiger partial charge in [-0.3, -0.25) is 0 Å². The highest BCUT2D eigenvalue weighted by molar-refractivity contribution is 5.91. The lowest BCUT2D eigenvalue weighted by atomic mass is 9.47. The molecule has 0 aliphatic heterocycles. The first-order chi connectivity index (χ1) is 29.5. The second kappa shape index (κ2) is 18.4. The van der Waals surface area contributed by atoms with E-state index in [9.17, 15) is 9.59 Å². The van der Waals surface area contributed by atoms with Crippen LogP contribution in [0.4, 0.5) is 0 Å². The van der Waals surface area contributed by atoms with Crippen molar-refractivity contribution in [1.29, 1.82) is 0 Å². The first-order valence-electron chi connectivity index (χ1n) is 26.9. The molecular weight excluding hydrogens is 761 g/mol. The average Bonchev–Trinajstić information content (AvgIpc) is 3.77. The highest BCUT2D eigenvalue weighted by Crippen LogP contribution is 2.69. The van der Waals surface area contributed by atoms with Crippen molar-refractivity contribution in [2.24, 2.45) is 92.7 Å². The molecule has 0 heterocycles. The van der Waals surface area contributed by atoms with Gasteiger partial charge in [-0.2, -0.15) is 0 Å². The fraction of sp³-hybridized carbons (Fsp3) is 0.862. The van der Waals surface area contributed by atoms with E-state index in [1.165, 1.54) is 126 Å². The number of fused-ring (bicyclic) bond motifs is 10. The molecule has 62 heavy (non-hydrogen) atoms. The first kappa shape index (κ1) is 46.7. The number of rotatable bonds is 14. The molecule has 8 rings (SSSR count). The molecule has 0 saturated heterocycles. The van der Waals surface area contributed by atoms with Crippen LogP contribution in [0.25, 0.3) is 0 Å². The molecule has 0 radical (unpaired) electrons. The van der Waals surface area contributed by atoms with Crippen LogP contribution in [-0.2, 0) is 19.1 Å². The van der Waals surface area contributed by atoms with Crippen LogP contribution < -0.4 is 0 Å². The minimum absolute atomic E-state index is 0.112. The third-order valence-electron chi connectivity index (χ3n) is 21.4. The van der Waals surface area contributed by atoms with Crippen molar-refractivity contribution in [2.45, 2.75) is 223 Å². The smallest absolute Gasteiger partial charge is 0.331 e. The van der Waals surface area contributed by atoms with E-state index in [4.69, 9.17) is 9.47 Å². The van der Waals surface area contributed by atoms with Gasteiger partial charge in [0.2, 0.25) is 0 Å². The summed E-state index contributed by atoms with van der Waals surface area (Å²) in [7, 11) is 0. The van der Waals surface area contributed by atoms with Gasteiger partial charge in [0.1, 0.15) is 12.2 Å². The molecule has 0 bridgehead atoms. The fourth-order valence-electron chi connectivity index (χ4n) is 18.0. The van der Waals surface area contributed by atoms with Gasteiger partial charge in [0, 0.05) is 25.0 Å². The van der Waals surface area contributed by atoms with E-state index < -0.39 is 11.9 Å². The molecule has 16 atom stereocenters. The number of hydrogen-bond donors (Lipinski definition) is 0. The summed E-state index contributed by atoms with van der Waals surface area (Å²) in [5.41, 5.74) is 4.52. The number of carbonyl (C=O) groups is 2. The van der Waals surface area contributed by atoms with Crippen molar-refractivity contribution >= 4 is 11.9 Å². The molecule has 6 fully saturated rings. The molecule has 0 aromatic carbocycles. The maximum Gasteiger partial charge on any atom is 0.331 e. The normalized spacial score (nSPS) is 43.4. The molecule has 0 N–H and O–H groups in total. The molecular formula is C58H92O4. The van der Waals surface area contributed by atoms with E-state index in [0.29, 0.717) is 10.8 Å². The largest absolute Gasteiger partial charge is 0.459 e. The monoisotopic (exact) mass is 853 g/mol. The zero-order valence-corrected chi connectivity index (χ0v) is 41.6. The Labute approximate surface area is 380 Å². The summed E-state index contributed by atoms with van der Waals surface area (Å²) in [5.74, 6) is 9.06. The van der Waals surface area contributed by atoms with Crippen LogP contribution in [0.2, 0.25) is 0 Å². The number of ether oxygens (including phenoxy) is 2.